The quantitative estimate of drug-likeness (QED) is 0.683. The molecule has 1 fully saturated rings. The van der Waals surface area contributed by atoms with Crippen LogP contribution in [0.25, 0.3) is 6.08 Å². The van der Waals surface area contributed by atoms with Gasteiger partial charge < -0.3 is 5.32 Å². The number of thiocarbonyl (C=S) groups is 1. The number of nitrogens with zero attached hydrogens (tertiary/aromatic N) is 2. The van der Waals surface area contributed by atoms with E-state index >= 15 is 0 Å². The molecule has 19 heavy (non-hydrogen) atoms. The second-order valence-electron chi connectivity index (χ2n) is 3.67. The number of aromatic nitrogens is 1. The third kappa shape index (κ3) is 3.20. The van der Waals surface area contributed by atoms with Crippen LogP contribution in [0.2, 0.25) is 0 Å². The van der Waals surface area contributed by atoms with Crippen molar-refractivity contribution in [1.29, 1.82) is 0 Å². The minimum absolute atomic E-state index is 0.0507. The zero-order valence-electron chi connectivity index (χ0n) is 10.3. The van der Waals surface area contributed by atoms with Gasteiger partial charge in [0.15, 0.2) is 5.13 Å². The summed E-state index contributed by atoms with van der Waals surface area (Å²) in [5, 5.41) is 4.99. The van der Waals surface area contributed by atoms with Crippen LogP contribution in [0, 0.1) is 0 Å². The van der Waals surface area contributed by atoms with Crippen molar-refractivity contribution < 1.29 is 9.59 Å². The van der Waals surface area contributed by atoms with Crippen LogP contribution in [0.3, 0.4) is 0 Å². The number of thioether (sulfide) groups is 1. The van der Waals surface area contributed by atoms with Crippen molar-refractivity contribution in [2.45, 2.75) is 13.8 Å². The summed E-state index contributed by atoms with van der Waals surface area (Å²) >= 11 is 7.49. The summed E-state index contributed by atoms with van der Waals surface area (Å²) in [5.41, 5.74) is 0.655. The molecular formula is C11H11N3O2S3. The molecule has 2 amide bonds. The Kier molecular flexibility index (Phi) is 4.33. The summed E-state index contributed by atoms with van der Waals surface area (Å²) in [6, 6.07) is 0. The molecule has 0 spiro atoms. The molecule has 1 aliphatic heterocycles. The van der Waals surface area contributed by atoms with Crippen molar-refractivity contribution in [3.63, 3.8) is 0 Å². The Morgan fingerprint density at radius 3 is 2.89 bits per heavy atom. The van der Waals surface area contributed by atoms with Gasteiger partial charge in [-0.25, -0.2) is 4.98 Å². The van der Waals surface area contributed by atoms with E-state index in [1.54, 1.807) is 11.0 Å². The highest BCUT2D eigenvalue weighted by Gasteiger charge is 2.22. The summed E-state index contributed by atoms with van der Waals surface area (Å²) in [6.45, 7) is 3.96. The minimum atomic E-state index is -0.205. The van der Waals surface area contributed by atoms with Gasteiger partial charge in [-0.3, -0.25) is 14.5 Å². The number of thiazole rings is 1. The van der Waals surface area contributed by atoms with E-state index in [-0.39, 0.29) is 11.8 Å². The predicted molar refractivity (Wildman–Crippen MR) is 82.1 cm³/mol. The Bertz CT molecular complexity index is 579. The highest BCUT2D eigenvalue weighted by molar-refractivity contribution is 8.26. The number of carbonyl (C=O) groups is 2. The van der Waals surface area contributed by atoms with Crippen molar-refractivity contribution in [3.05, 3.63) is 16.0 Å². The number of amides is 2. The first-order valence-corrected chi connectivity index (χ1v) is 7.60. The Hall–Kier alpha value is -1.25. The van der Waals surface area contributed by atoms with Gasteiger partial charge in [-0.1, -0.05) is 24.0 Å². The standard InChI is InChI=1S/C11H11N3O2S3/c1-3-14(6(2)15)10-12-7(5-18-10)4-8-9(16)13-11(17)19-8/h4-5H,3H2,1-2H3,(H,13,16,17)/b8-4+. The van der Waals surface area contributed by atoms with Crippen LogP contribution in [0.4, 0.5) is 5.13 Å². The van der Waals surface area contributed by atoms with Crippen LogP contribution in [0.15, 0.2) is 10.3 Å². The fourth-order valence-electron chi connectivity index (χ4n) is 1.51. The fraction of sp³-hybridized carbons (Fsp3) is 0.273. The van der Waals surface area contributed by atoms with Crippen LogP contribution in [-0.2, 0) is 9.59 Å². The average molecular weight is 313 g/mol. The maximum absolute atomic E-state index is 11.5. The monoisotopic (exact) mass is 313 g/mol. The number of nitrogens with one attached hydrogen (secondary N) is 1. The molecule has 0 radical (unpaired) electrons. The van der Waals surface area contributed by atoms with Gasteiger partial charge in [0, 0.05) is 18.8 Å². The molecule has 2 rings (SSSR count). The van der Waals surface area contributed by atoms with Gasteiger partial charge in [0.25, 0.3) is 5.91 Å². The van der Waals surface area contributed by atoms with Crippen molar-refractivity contribution in [3.8, 4) is 0 Å². The lowest BCUT2D eigenvalue weighted by molar-refractivity contribution is -0.116. The van der Waals surface area contributed by atoms with Gasteiger partial charge >= 0.3 is 0 Å². The SMILES string of the molecule is CCN(C(C)=O)c1nc(/C=C2/SC(=S)NC2=O)cs1. The van der Waals surface area contributed by atoms with Crippen LogP contribution in [-0.4, -0.2) is 27.7 Å². The van der Waals surface area contributed by atoms with Crippen LogP contribution in [0.5, 0.6) is 0 Å². The Morgan fingerprint density at radius 1 is 1.63 bits per heavy atom. The van der Waals surface area contributed by atoms with E-state index in [4.69, 9.17) is 12.2 Å². The number of hydrogen-bond acceptors (Lipinski definition) is 6. The van der Waals surface area contributed by atoms with Crippen molar-refractivity contribution in [2.24, 2.45) is 0 Å². The Morgan fingerprint density at radius 2 is 2.37 bits per heavy atom. The molecule has 5 nitrogen and oxygen atoms in total. The molecule has 8 heteroatoms. The number of hydrogen-bond donors (Lipinski definition) is 1. The van der Waals surface area contributed by atoms with Crippen molar-refractivity contribution >= 4 is 62.7 Å². The van der Waals surface area contributed by atoms with Gasteiger partial charge in [-0.15, -0.1) is 11.3 Å². The van der Waals surface area contributed by atoms with E-state index in [0.717, 1.165) is 0 Å². The smallest absolute Gasteiger partial charge is 0.263 e. The van der Waals surface area contributed by atoms with Gasteiger partial charge in [0.1, 0.15) is 4.32 Å². The minimum Gasteiger partial charge on any atom is -0.307 e. The predicted octanol–water partition coefficient (Wildman–Crippen LogP) is 2.00. The lowest BCUT2D eigenvalue weighted by Gasteiger charge is -2.14. The lowest BCUT2D eigenvalue weighted by atomic mass is 10.4. The highest BCUT2D eigenvalue weighted by Crippen LogP contribution is 2.28. The fourth-order valence-corrected chi connectivity index (χ4v) is 3.43. The van der Waals surface area contributed by atoms with Crippen LogP contribution in [0.1, 0.15) is 19.5 Å². The molecule has 1 aliphatic rings. The third-order valence-electron chi connectivity index (χ3n) is 2.36. The second-order valence-corrected chi connectivity index (χ2v) is 6.23. The normalized spacial score (nSPS) is 16.8. The maximum atomic E-state index is 11.5. The number of anilines is 1. The topological polar surface area (TPSA) is 62.3 Å². The van der Waals surface area contributed by atoms with Gasteiger partial charge in [-0.05, 0) is 13.0 Å². The number of carbonyl (C=O) groups excluding carboxylic acids is 2. The molecule has 0 saturated carbocycles. The molecule has 0 unspecified atom stereocenters. The molecule has 0 bridgehead atoms. The van der Waals surface area contributed by atoms with E-state index in [1.165, 1.54) is 30.0 Å². The van der Waals surface area contributed by atoms with E-state index in [9.17, 15) is 9.59 Å². The van der Waals surface area contributed by atoms with Gasteiger partial charge in [-0.2, -0.15) is 0 Å². The van der Waals surface area contributed by atoms with Crippen LogP contribution < -0.4 is 10.2 Å². The van der Waals surface area contributed by atoms with Crippen LogP contribution >= 0.6 is 35.3 Å². The van der Waals surface area contributed by atoms with Gasteiger partial charge in [0.2, 0.25) is 5.91 Å². The molecular weight excluding hydrogens is 302 g/mol. The second kappa shape index (κ2) is 5.81. The first-order valence-electron chi connectivity index (χ1n) is 5.49. The summed E-state index contributed by atoms with van der Waals surface area (Å²) in [6.07, 6.45) is 1.67. The first-order chi connectivity index (χ1) is 9.01. The molecule has 1 aromatic rings. The Balaban J connectivity index is 2.22. The summed E-state index contributed by atoms with van der Waals surface area (Å²) < 4.78 is 0.450. The molecule has 0 aliphatic carbocycles. The highest BCUT2D eigenvalue weighted by atomic mass is 32.2. The first kappa shape index (κ1) is 14.2. The summed E-state index contributed by atoms with van der Waals surface area (Å²) in [5.74, 6) is -0.256. The third-order valence-corrected chi connectivity index (χ3v) is 4.40. The molecule has 1 saturated heterocycles. The molecule has 100 valence electrons. The lowest BCUT2D eigenvalue weighted by Crippen LogP contribution is -2.27. The van der Waals surface area contributed by atoms with E-state index in [0.29, 0.717) is 26.6 Å². The Labute approximate surface area is 124 Å². The van der Waals surface area contributed by atoms with Gasteiger partial charge in [0.05, 0.1) is 10.6 Å². The van der Waals surface area contributed by atoms with E-state index in [2.05, 4.69) is 10.3 Å². The molecule has 1 N–H and O–H groups in total. The zero-order valence-corrected chi connectivity index (χ0v) is 12.7. The number of rotatable bonds is 3. The summed E-state index contributed by atoms with van der Waals surface area (Å²) in [7, 11) is 0. The summed E-state index contributed by atoms with van der Waals surface area (Å²) in [4.78, 5) is 29.4. The van der Waals surface area contributed by atoms with E-state index in [1.807, 2.05) is 12.3 Å². The zero-order chi connectivity index (χ0) is 14.0. The molecule has 1 aromatic heterocycles. The molecule has 0 aromatic carbocycles. The van der Waals surface area contributed by atoms with Crippen molar-refractivity contribution in [2.75, 3.05) is 11.4 Å². The van der Waals surface area contributed by atoms with Crippen molar-refractivity contribution in [1.82, 2.24) is 10.3 Å². The largest absolute Gasteiger partial charge is 0.307 e. The van der Waals surface area contributed by atoms with E-state index < -0.39 is 0 Å². The molecule has 2 heterocycles. The average Bonchev–Trinajstić information content (AvgIpc) is 2.88. The molecule has 0 atom stereocenters. The maximum Gasteiger partial charge on any atom is 0.263 e.